The Labute approximate surface area is 219 Å². The van der Waals surface area contributed by atoms with Crippen LogP contribution in [0.2, 0.25) is 0 Å². The number of fused-ring (bicyclic) bond motifs is 3. The number of hydrogen-bond acceptors (Lipinski definition) is 8. The molecule has 188 valence electrons. The number of halogens is 1. The van der Waals surface area contributed by atoms with E-state index in [1.54, 1.807) is 36.2 Å². The number of carbonyl (C=O) groups excluding carboxylic acids is 2. The van der Waals surface area contributed by atoms with Gasteiger partial charge in [0.15, 0.2) is 5.54 Å². The first-order chi connectivity index (χ1) is 17.7. The van der Waals surface area contributed by atoms with Crippen molar-refractivity contribution >= 4 is 51.5 Å². The third-order valence-electron chi connectivity index (χ3n) is 7.41. The minimum Gasteiger partial charge on any atom is -0.467 e. The van der Waals surface area contributed by atoms with Crippen molar-refractivity contribution in [1.82, 2.24) is 9.80 Å². The van der Waals surface area contributed by atoms with E-state index in [0.717, 1.165) is 11.8 Å². The molecule has 2 fully saturated rings. The number of nitro groups is 1. The van der Waals surface area contributed by atoms with Crippen molar-refractivity contribution < 1.29 is 23.3 Å². The Balaban J connectivity index is 1.60. The van der Waals surface area contributed by atoms with Gasteiger partial charge in [-0.25, -0.2) is 4.39 Å². The second-order valence-electron chi connectivity index (χ2n) is 9.21. The number of nitrogens with one attached hydrogen (secondary N) is 1. The number of amides is 2. The van der Waals surface area contributed by atoms with Crippen LogP contribution in [0.4, 0.5) is 15.8 Å². The molecule has 2 aromatic carbocycles. The summed E-state index contributed by atoms with van der Waals surface area (Å²) < 4.78 is 18.7. The molecule has 3 aliphatic rings. The van der Waals surface area contributed by atoms with Crippen LogP contribution in [-0.4, -0.2) is 49.2 Å². The predicted octanol–water partition coefficient (Wildman–Crippen LogP) is 4.00. The average Bonchev–Trinajstić information content (AvgIpc) is 3.60. The molecule has 6 rings (SSSR count). The van der Waals surface area contributed by atoms with E-state index in [4.69, 9.17) is 16.6 Å². The molecule has 3 aromatic rings. The molecule has 3 atom stereocenters. The zero-order valence-corrected chi connectivity index (χ0v) is 21.0. The summed E-state index contributed by atoms with van der Waals surface area (Å²) in [4.78, 5) is 42.7. The highest BCUT2D eigenvalue weighted by Gasteiger charge is 2.77. The van der Waals surface area contributed by atoms with Crippen molar-refractivity contribution in [3.63, 3.8) is 0 Å². The molecule has 37 heavy (non-hydrogen) atoms. The lowest BCUT2D eigenvalue weighted by molar-refractivity contribution is -0.384. The minimum atomic E-state index is -1.62. The van der Waals surface area contributed by atoms with E-state index in [-0.39, 0.29) is 23.1 Å². The number of rotatable bonds is 4. The molecule has 2 spiro atoms. The fraction of sp³-hybridized carbons (Fsp3) is 0.240. The highest BCUT2D eigenvalue weighted by atomic mass is 32.2. The van der Waals surface area contributed by atoms with Crippen LogP contribution in [0.25, 0.3) is 0 Å². The zero-order valence-electron chi connectivity index (χ0n) is 19.3. The van der Waals surface area contributed by atoms with E-state index in [1.807, 2.05) is 0 Å². The summed E-state index contributed by atoms with van der Waals surface area (Å²) in [7, 11) is 1.70. The van der Waals surface area contributed by atoms with E-state index in [1.165, 1.54) is 41.5 Å². The number of hydrogen-bond donors (Lipinski definition) is 1. The van der Waals surface area contributed by atoms with Gasteiger partial charge in [0.2, 0.25) is 5.91 Å². The second-order valence-corrected chi connectivity index (χ2v) is 11.1. The van der Waals surface area contributed by atoms with Gasteiger partial charge >= 0.3 is 0 Å². The number of non-ortho nitro benzene ring substituents is 1. The standard InChI is InChI=1S/C25H19FN4O5S2/c1-28-13-19(14-4-2-5-16(10-14)30(33)34)25(22(32)29(23(36)37-25)12-17-6-3-9-35-17)24(28)18-11-15(26)7-8-20(18)27-21(24)31/h2-11,19H,12-13H2,1H3,(H,27,31). The smallest absolute Gasteiger partial charge is 0.269 e. The Morgan fingerprint density at radius 2 is 2.05 bits per heavy atom. The van der Waals surface area contributed by atoms with Crippen molar-refractivity contribution in [2.75, 3.05) is 18.9 Å². The number of nitrogens with zero attached hydrogens (tertiary/aromatic N) is 3. The maximum absolute atomic E-state index is 14.6. The van der Waals surface area contributed by atoms with Crippen LogP contribution in [0.1, 0.15) is 22.8 Å². The van der Waals surface area contributed by atoms with Gasteiger partial charge in [-0.1, -0.05) is 36.1 Å². The van der Waals surface area contributed by atoms with Gasteiger partial charge in [0.25, 0.3) is 11.6 Å². The minimum absolute atomic E-state index is 0.0541. The summed E-state index contributed by atoms with van der Waals surface area (Å²) in [5, 5.41) is 14.4. The van der Waals surface area contributed by atoms with E-state index in [2.05, 4.69) is 5.32 Å². The maximum atomic E-state index is 14.6. The number of thioether (sulfide) groups is 1. The fourth-order valence-corrected chi connectivity index (χ4v) is 8.07. The molecule has 2 amide bonds. The van der Waals surface area contributed by atoms with Crippen LogP contribution in [0.3, 0.4) is 0 Å². The van der Waals surface area contributed by atoms with Crippen LogP contribution < -0.4 is 5.32 Å². The van der Waals surface area contributed by atoms with Gasteiger partial charge in [0.05, 0.1) is 17.7 Å². The van der Waals surface area contributed by atoms with E-state index < -0.39 is 38.8 Å². The normalized spacial score (nSPS) is 26.9. The number of furan rings is 1. The molecular weight excluding hydrogens is 519 g/mol. The number of carbonyl (C=O) groups is 2. The van der Waals surface area contributed by atoms with E-state index in [0.29, 0.717) is 22.6 Å². The molecule has 0 aliphatic carbocycles. The fourth-order valence-electron chi connectivity index (χ4n) is 5.94. The Hall–Kier alpha value is -3.61. The summed E-state index contributed by atoms with van der Waals surface area (Å²) in [6.07, 6.45) is 1.49. The van der Waals surface area contributed by atoms with Gasteiger partial charge in [-0.15, -0.1) is 0 Å². The Morgan fingerprint density at radius 1 is 1.24 bits per heavy atom. The van der Waals surface area contributed by atoms with Gasteiger partial charge in [-0.2, -0.15) is 0 Å². The van der Waals surface area contributed by atoms with Crippen molar-refractivity contribution in [2.45, 2.75) is 22.7 Å². The van der Waals surface area contributed by atoms with Gasteiger partial charge < -0.3 is 9.73 Å². The Kier molecular flexibility index (Phi) is 5.27. The molecule has 0 radical (unpaired) electrons. The van der Waals surface area contributed by atoms with Crippen LogP contribution in [0, 0.1) is 15.9 Å². The Morgan fingerprint density at radius 3 is 2.78 bits per heavy atom. The lowest BCUT2D eigenvalue weighted by Gasteiger charge is -2.41. The van der Waals surface area contributed by atoms with Crippen molar-refractivity contribution in [3.05, 3.63) is 93.7 Å². The molecule has 3 aliphatic heterocycles. The van der Waals surface area contributed by atoms with Crippen LogP contribution >= 0.6 is 24.0 Å². The largest absolute Gasteiger partial charge is 0.467 e. The third-order valence-corrected chi connectivity index (χ3v) is 9.36. The average molecular weight is 539 g/mol. The number of thiocarbonyl (C=S) groups is 1. The van der Waals surface area contributed by atoms with Crippen molar-refractivity contribution in [1.29, 1.82) is 0 Å². The summed E-state index contributed by atoms with van der Waals surface area (Å²) >= 11 is 6.76. The maximum Gasteiger partial charge on any atom is 0.269 e. The first-order valence-electron chi connectivity index (χ1n) is 11.3. The first-order valence-corrected chi connectivity index (χ1v) is 12.6. The monoisotopic (exact) mass is 538 g/mol. The predicted molar refractivity (Wildman–Crippen MR) is 137 cm³/mol. The Bertz CT molecular complexity index is 1500. The first kappa shape index (κ1) is 23.8. The van der Waals surface area contributed by atoms with Crippen molar-refractivity contribution in [3.8, 4) is 0 Å². The number of benzene rings is 2. The van der Waals surface area contributed by atoms with E-state index >= 15 is 0 Å². The molecule has 12 heteroatoms. The summed E-state index contributed by atoms with van der Waals surface area (Å²) in [5.74, 6) is -1.65. The SMILES string of the molecule is CN1CC(c2cccc([N+](=O)[O-])c2)C2(SC(=S)N(Cc3ccco3)C2=O)C12C(=O)Nc1ccc(F)cc12. The molecule has 4 heterocycles. The summed E-state index contributed by atoms with van der Waals surface area (Å²) in [5.41, 5.74) is -0.510. The lowest BCUT2D eigenvalue weighted by atomic mass is 9.72. The molecule has 9 nitrogen and oxygen atoms in total. The number of nitro benzene ring substituents is 1. The third kappa shape index (κ3) is 3.09. The van der Waals surface area contributed by atoms with Gasteiger partial charge in [0.1, 0.15) is 20.6 Å². The molecule has 1 aromatic heterocycles. The van der Waals surface area contributed by atoms with Crippen LogP contribution in [0.15, 0.2) is 65.3 Å². The summed E-state index contributed by atoms with van der Waals surface area (Å²) in [6, 6.07) is 13.5. The number of likely N-dealkylation sites (N-methyl/N-ethyl adjacent to an activating group) is 1. The molecule has 2 saturated heterocycles. The topological polar surface area (TPSA) is 109 Å². The van der Waals surface area contributed by atoms with Crippen molar-refractivity contribution in [2.24, 2.45) is 0 Å². The van der Waals surface area contributed by atoms with Crippen LogP contribution in [0.5, 0.6) is 0 Å². The highest BCUT2D eigenvalue weighted by molar-refractivity contribution is 8.25. The molecule has 0 saturated carbocycles. The highest BCUT2D eigenvalue weighted by Crippen LogP contribution is 2.66. The number of anilines is 1. The molecule has 1 N–H and O–H groups in total. The van der Waals surface area contributed by atoms with Gasteiger partial charge in [-0.3, -0.25) is 29.5 Å². The van der Waals surface area contributed by atoms with E-state index in [9.17, 15) is 24.1 Å². The van der Waals surface area contributed by atoms with Gasteiger partial charge in [0, 0.05) is 35.8 Å². The molecule has 3 unspecified atom stereocenters. The van der Waals surface area contributed by atoms with Crippen LogP contribution in [-0.2, 0) is 21.7 Å². The molecule has 0 bridgehead atoms. The van der Waals surface area contributed by atoms with Gasteiger partial charge in [-0.05, 0) is 42.9 Å². The number of likely N-dealkylation sites (tertiary alicyclic amines) is 1. The summed E-state index contributed by atoms with van der Waals surface area (Å²) in [6.45, 7) is 0.249. The lowest BCUT2D eigenvalue weighted by Crippen LogP contribution is -2.61. The zero-order chi connectivity index (χ0) is 26.1. The second kappa shape index (κ2) is 8.20. The molecular formula is C25H19FN4O5S2. The quantitative estimate of drug-likeness (QED) is 0.302.